The minimum absolute atomic E-state index is 0.0664. The molecule has 1 aliphatic heterocycles. The van der Waals surface area contributed by atoms with Crippen LogP contribution in [-0.4, -0.2) is 54.3 Å². The van der Waals surface area contributed by atoms with Gasteiger partial charge in [0.15, 0.2) is 11.6 Å². The SMILES string of the molecule is Cn1cc(S(=O)(=O)Nc2nc3ccccc3nc2N2CCN(c3cccc(Cl)c3)CC2)cn1. The maximum Gasteiger partial charge on any atom is 0.266 e. The van der Waals surface area contributed by atoms with Crippen LogP contribution in [0.3, 0.4) is 0 Å². The highest BCUT2D eigenvalue weighted by molar-refractivity contribution is 7.92. The molecular formula is C22H22ClN7O2S. The molecule has 0 radical (unpaired) electrons. The number of para-hydroxylation sites is 2. The zero-order valence-corrected chi connectivity index (χ0v) is 19.5. The Labute approximate surface area is 196 Å². The number of nitrogens with one attached hydrogen (secondary N) is 1. The lowest BCUT2D eigenvalue weighted by molar-refractivity contribution is 0.600. The van der Waals surface area contributed by atoms with Crippen LogP contribution in [0.4, 0.5) is 17.3 Å². The van der Waals surface area contributed by atoms with Crippen LogP contribution in [-0.2, 0) is 17.1 Å². The number of anilines is 3. The molecule has 1 N–H and O–H groups in total. The van der Waals surface area contributed by atoms with Crippen molar-refractivity contribution in [3.8, 4) is 0 Å². The summed E-state index contributed by atoms with van der Waals surface area (Å²) in [5.74, 6) is 0.709. The molecule has 1 aliphatic rings. The van der Waals surface area contributed by atoms with E-state index >= 15 is 0 Å². The molecule has 0 unspecified atom stereocenters. The molecule has 170 valence electrons. The molecule has 0 atom stereocenters. The number of benzene rings is 2. The minimum atomic E-state index is -3.87. The first kappa shape index (κ1) is 21.5. The second-order valence-electron chi connectivity index (χ2n) is 7.79. The maximum atomic E-state index is 13.0. The molecule has 0 saturated carbocycles. The van der Waals surface area contributed by atoms with Crippen molar-refractivity contribution in [3.05, 3.63) is 65.9 Å². The number of piperazine rings is 1. The molecule has 0 aliphatic carbocycles. The molecule has 0 amide bonds. The monoisotopic (exact) mass is 483 g/mol. The van der Waals surface area contributed by atoms with Gasteiger partial charge in [0.05, 0.1) is 17.2 Å². The average Bonchev–Trinajstić information content (AvgIpc) is 3.26. The highest BCUT2D eigenvalue weighted by Gasteiger charge is 2.25. The van der Waals surface area contributed by atoms with Crippen molar-refractivity contribution in [1.29, 1.82) is 0 Å². The predicted molar refractivity (Wildman–Crippen MR) is 129 cm³/mol. The van der Waals surface area contributed by atoms with Gasteiger partial charge in [-0.15, -0.1) is 0 Å². The maximum absolute atomic E-state index is 13.0. The summed E-state index contributed by atoms with van der Waals surface area (Å²) in [5.41, 5.74) is 2.38. The van der Waals surface area contributed by atoms with Crippen molar-refractivity contribution in [3.63, 3.8) is 0 Å². The standard InChI is InChI=1S/C22H22ClN7O2S/c1-28-15-18(14-24-28)33(31,32)27-21-22(26-20-8-3-2-7-19(20)25-21)30-11-9-29(10-12-30)17-6-4-5-16(23)13-17/h2-8,13-15H,9-12H2,1H3,(H,25,27). The van der Waals surface area contributed by atoms with Crippen molar-refractivity contribution in [2.75, 3.05) is 40.7 Å². The number of fused-ring (bicyclic) bond motifs is 1. The largest absolute Gasteiger partial charge is 0.368 e. The van der Waals surface area contributed by atoms with E-state index in [0.29, 0.717) is 35.0 Å². The van der Waals surface area contributed by atoms with Gasteiger partial charge in [0.1, 0.15) is 4.90 Å². The van der Waals surface area contributed by atoms with Gasteiger partial charge < -0.3 is 9.80 Å². The minimum Gasteiger partial charge on any atom is -0.368 e. The molecule has 5 rings (SSSR count). The number of sulfonamides is 1. The average molecular weight is 484 g/mol. The van der Waals surface area contributed by atoms with Crippen LogP contribution in [0, 0.1) is 0 Å². The fourth-order valence-corrected chi connectivity index (χ4v) is 5.02. The van der Waals surface area contributed by atoms with Gasteiger partial charge in [-0.25, -0.2) is 18.4 Å². The van der Waals surface area contributed by atoms with E-state index < -0.39 is 10.0 Å². The molecule has 0 bridgehead atoms. The first-order valence-corrected chi connectivity index (χ1v) is 12.3. The molecule has 2 aromatic carbocycles. The lowest BCUT2D eigenvalue weighted by Crippen LogP contribution is -2.47. The fourth-order valence-electron chi connectivity index (χ4n) is 3.85. The Bertz CT molecular complexity index is 1420. The summed E-state index contributed by atoms with van der Waals surface area (Å²) in [7, 11) is -2.20. The first-order valence-electron chi connectivity index (χ1n) is 10.4. The van der Waals surface area contributed by atoms with Gasteiger partial charge in [0.2, 0.25) is 0 Å². The molecule has 1 fully saturated rings. The number of halogens is 1. The van der Waals surface area contributed by atoms with Gasteiger partial charge in [-0.1, -0.05) is 29.8 Å². The summed E-state index contributed by atoms with van der Waals surface area (Å²) < 4.78 is 30.0. The normalized spacial score (nSPS) is 14.6. The van der Waals surface area contributed by atoms with E-state index in [9.17, 15) is 8.42 Å². The van der Waals surface area contributed by atoms with Crippen molar-refractivity contribution in [2.45, 2.75) is 4.90 Å². The Balaban J connectivity index is 1.46. The molecule has 4 aromatic rings. The summed E-state index contributed by atoms with van der Waals surface area (Å²) in [4.78, 5) is 13.7. The van der Waals surface area contributed by atoms with Gasteiger partial charge in [0, 0.05) is 50.1 Å². The van der Waals surface area contributed by atoms with Crippen LogP contribution in [0.15, 0.2) is 65.8 Å². The van der Waals surface area contributed by atoms with E-state index in [1.807, 2.05) is 48.5 Å². The smallest absolute Gasteiger partial charge is 0.266 e. The Hall–Kier alpha value is -3.37. The number of rotatable bonds is 5. The van der Waals surface area contributed by atoms with Gasteiger partial charge in [-0.2, -0.15) is 5.10 Å². The second-order valence-corrected chi connectivity index (χ2v) is 9.91. The molecular weight excluding hydrogens is 462 g/mol. The van der Waals surface area contributed by atoms with Gasteiger partial charge in [-0.3, -0.25) is 9.40 Å². The van der Waals surface area contributed by atoms with E-state index in [-0.39, 0.29) is 10.7 Å². The zero-order chi connectivity index (χ0) is 23.0. The summed E-state index contributed by atoms with van der Waals surface area (Å²) in [6.45, 7) is 2.79. The number of nitrogens with zero attached hydrogens (tertiary/aromatic N) is 6. The zero-order valence-electron chi connectivity index (χ0n) is 17.9. The van der Waals surface area contributed by atoms with Crippen molar-refractivity contribution < 1.29 is 8.42 Å². The molecule has 1 saturated heterocycles. The topological polar surface area (TPSA) is 96.2 Å². The highest BCUT2D eigenvalue weighted by Crippen LogP contribution is 2.29. The lowest BCUT2D eigenvalue weighted by Gasteiger charge is -2.37. The van der Waals surface area contributed by atoms with E-state index in [1.165, 1.54) is 17.1 Å². The van der Waals surface area contributed by atoms with Crippen LogP contribution < -0.4 is 14.5 Å². The summed E-state index contributed by atoms with van der Waals surface area (Å²) in [6.07, 6.45) is 2.75. The van der Waals surface area contributed by atoms with E-state index in [0.717, 1.165) is 18.8 Å². The van der Waals surface area contributed by atoms with Crippen molar-refractivity contribution >= 4 is 50.0 Å². The van der Waals surface area contributed by atoms with Crippen LogP contribution in [0.5, 0.6) is 0 Å². The summed E-state index contributed by atoms with van der Waals surface area (Å²) in [6, 6.07) is 15.2. The third kappa shape index (κ3) is 4.44. The number of hydrogen-bond donors (Lipinski definition) is 1. The van der Waals surface area contributed by atoms with E-state index in [4.69, 9.17) is 16.6 Å². The summed E-state index contributed by atoms with van der Waals surface area (Å²) >= 11 is 6.15. The molecule has 11 heteroatoms. The first-order chi connectivity index (χ1) is 15.9. The van der Waals surface area contributed by atoms with Crippen molar-refractivity contribution in [2.24, 2.45) is 7.05 Å². The molecule has 0 spiro atoms. The Morgan fingerprint density at radius 2 is 1.64 bits per heavy atom. The lowest BCUT2D eigenvalue weighted by atomic mass is 10.2. The molecule has 33 heavy (non-hydrogen) atoms. The quantitative estimate of drug-likeness (QED) is 0.465. The van der Waals surface area contributed by atoms with Gasteiger partial charge in [0.25, 0.3) is 10.0 Å². The Morgan fingerprint density at radius 3 is 2.30 bits per heavy atom. The van der Waals surface area contributed by atoms with Crippen LogP contribution >= 0.6 is 11.6 Å². The second kappa shape index (κ2) is 8.53. The third-order valence-corrected chi connectivity index (χ3v) is 7.06. The van der Waals surface area contributed by atoms with E-state index in [1.54, 1.807) is 7.05 Å². The number of aryl methyl sites for hydroxylation is 1. The predicted octanol–water partition coefficient (Wildman–Crippen LogP) is 3.14. The Kier molecular flexibility index (Phi) is 5.55. The van der Waals surface area contributed by atoms with E-state index in [2.05, 4.69) is 24.6 Å². The van der Waals surface area contributed by atoms with Crippen LogP contribution in [0.2, 0.25) is 5.02 Å². The fraction of sp³-hybridized carbons (Fsp3) is 0.227. The van der Waals surface area contributed by atoms with Gasteiger partial charge >= 0.3 is 0 Å². The molecule has 3 heterocycles. The number of aromatic nitrogens is 4. The summed E-state index contributed by atoms with van der Waals surface area (Å²) in [5, 5.41) is 4.66. The van der Waals surface area contributed by atoms with Crippen LogP contribution in [0.1, 0.15) is 0 Å². The molecule has 9 nitrogen and oxygen atoms in total. The number of hydrogen-bond acceptors (Lipinski definition) is 7. The highest BCUT2D eigenvalue weighted by atomic mass is 35.5. The third-order valence-electron chi connectivity index (χ3n) is 5.53. The van der Waals surface area contributed by atoms with Crippen molar-refractivity contribution in [1.82, 2.24) is 19.7 Å². The Morgan fingerprint density at radius 1 is 0.939 bits per heavy atom. The van der Waals surface area contributed by atoms with Crippen LogP contribution in [0.25, 0.3) is 11.0 Å². The molecule has 2 aromatic heterocycles. The van der Waals surface area contributed by atoms with Gasteiger partial charge in [-0.05, 0) is 30.3 Å².